The van der Waals surface area contributed by atoms with Crippen LogP contribution in [0, 0.1) is 0 Å². The fourth-order valence-corrected chi connectivity index (χ4v) is 3.45. The van der Waals surface area contributed by atoms with Crippen LogP contribution in [-0.4, -0.2) is 51.6 Å². The first-order valence-electron chi connectivity index (χ1n) is 9.79. The molecule has 28 heavy (non-hydrogen) atoms. The van der Waals surface area contributed by atoms with Crippen molar-refractivity contribution in [1.29, 1.82) is 0 Å². The summed E-state index contributed by atoms with van der Waals surface area (Å²) in [5.74, 6) is 0. The molecule has 3 heterocycles. The molecule has 2 aliphatic heterocycles. The second-order valence-corrected chi connectivity index (χ2v) is 9.81. The smallest absolute Gasteiger partial charge is 0.399 e. The monoisotopic (exact) mass is 385 g/mol. The minimum Gasteiger partial charge on any atom is -0.399 e. The SMILES string of the molecule is Cn1nc2c(B3OC(C)(C)C(C)(C)O3)ccc(B3OC(C)(C)C(C)(C)O3)c2n1. The predicted molar refractivity (Wildman–Crippen MR) is 110 cm³/mol. The van der Waals surface area contributed by atoms with Crippen LogP contribution in [0.5, 0.6) is 0 Å². The van der Waals surface area contributed by atoms with E-state index < -0.39 is 36.6 Å². The molecule has 9 heteroatoms. The van der Waals surface area contributed by atoms with Gasteiger partial charge in [-0.3, -0.25) is 0 Å². The standard InChI is InChI=1S/C19H29B2N3O4/c1-16(2)17(3,4)26-20(25-16)12-10-11-13(15-14(12)22-24(9)23-15)21-27-18(5,6)19(7,8)28-21/h10-11H,1-9H3. The fraction of sp³-hybridized carbons (Fsp3) is 0.684. The molecule has 0 atom stereocenters. The van der Waals surface area contributed by atoms with Gasteiger partial charge >= 0.3 is 14.2 Å². The molecule has 0 unspecified atom stereocenters. The van der Waals surface area contributed by atoms with Gasteiger partial charge in [0, 0.05) is 18.0 Å². The molecule has 1 aromatic heterocycles. The lowest BCUT2D eigenvalue weighted by atomic mass is 9.72. The van der Waals surface area contributed by atoms with Gasteiger partial charge in [-0.1, -0.05) is 12.1 Å². The molecule has 0 amide bonds. The Morgan fingerprint density at radius 2 is 0.929 bits per heavy atom. The molecule has 4 rings (SSSR count). The number of benzene rings is 1. The first kappa shape index (κ1) is 19.9. The maximum Gasteiger partial charge on any atom is 0.497 e. The quantitative estimate of drug-likeness (QED) is 0.732. The number of nitrogens with zero attached hydrogens (tertiary/aromatic N) is 3. The molecular formula is C19H29B2N3O4. The molecule has 0 saturated carbocycles. The lowest BCUT2D eigenvalue weighted by Crippen LogP contribution is -2.41. The highest BCUT2D eigenvalue weighted by Gasteiger charge is 2.54. The van der Waals surface area contributed by atoms with E-state index >= 15 is 0 Å². The van der Waals surface area contributed by atoms with E-state index in [0.29, 0.717) is 0 Å². The molecule has 7 nitrogen and oxygen atoms in total. The van der Waals surface area contributed by atoms with Gasteiger partial charge in [0.2, 0.25) is 0 Å². The molecule has 0 aliphatic carbocycles. The van der Waals surface area contributed by atoms with Gasteiger partial charge < -0.3 is 18.6 Å². The lowest BCUT2D eigenvalue weighted by Gasteiger charge is -2.32. The maximum absolute atomic E-state index is 6.24. The highest BCUT2D eigenvalue weighted by molar-refractivity contribution is 6.68. The fourth-order valence-electron chi connectivity index (χ4n) is 3.45. The van der Waals surface area contributed by atoms with Crippen molar-refractivity contribution in [1.82, 2.24) is 15.0 Å². The first-order chi connectivity index (χ1) is 12.7. The van der Waals surface area contributed by atoms with Crippen molar-refractivity contribution in [2.75, 3.05) is 0 Å². The van der Waals surface area contributed by atoms with Crippen LogP contribution in [0.4, 0.5) is 0 Å². The molecule has 0 bridgehead atoms. The van der Waals surface area contributed by atoms with Crippen molar-refractivity contribution < 1.29 is 18.6 Å². The molecule has 150 valence electrons. The van der Waals surface area contributed by atoms with Crippen molar-refractivity contribution in [2.24, 2.45) is 7.05 Å². The van der Waals surface area contributed by atoms with E-state index in [1.165, 1.54) is 0 Å². The summed E-state index contributed by atoms with van der Waals surface area (Å²) in [6.07, 6.45) is 0. The van der Waals surface area contributed by atoms with Gasteiger partial charge in [0.15, 0.2) is 0 Å². The van der Waals surface area contributed by atoms with Crippen LogP contribution in [0.1, 0.15) is 55.4 Å². The Hall–Kier alpha value is -1.41. The zero-order chi connectivity index (χ0) is 20.7. The summed E-state index contributed by atoms with van der Waals surface area (Å²) >= 11 is 0. The van der Waals surface area contributed by atoms with Crippen LogP contribution < -0.4 is 10.9 Å². The number of rotatable bonds is 2. The Labute approximate surface area is 167 Å². The van der Waals surface area contributed by atoms with Crippen LogP contribution in [0.15, 0.2) is 12.1 Å². The molecule has 0 radical (unpaired) electrons. The van der Waals surface area contributed by atoms with Gasteiger partial charge in [-0.2, -0.15) is 15.0 Å². The van der Waals surface area contributed by atoms with Gasteiger partial charge in [-0.15, -0.1) is 0 Å². The van der Waals surface area contributed by atoms with E-state index in [9.17, 15) is 0 Å². The number of hydrogen-bond acceptors (Lipinski definition) is 6. The number of hydrogen-bond donors (Lipinski definition) is 0. The van der Waals surface area contributed by atoms with Crippen molar-refractivity contribution in [3.63, 3.8) is 0 Å². The van der Waals surface area contributed by atoms with Crippen molar-refractivity contribution in [3.05, 3.63) is 12.1 Å². The molecular weight excluding hydrogens is 356 g/mol. The molecule has 2 aliphatic rings. The van der Waals surface area contributed by atoms with Gasteiger partial charge in [-0.05, 0) is 55.4 Å². The third-order valence-electron chi connectivity index (χ3n) is 6.72. The Morgan fingerprint density at radius 1 is 0.643 bits per heavy atom. The van der Waals surface area contributed by atoms with Crippen LogP contribution in [-0.2, 0) is 25.7 Å². The summed E-state index contributed by atoms with van der Waals surface area (Å²) in [5, 5.41) is 9.18. The van der Waals surface area contributed by atoms with Gasteiger partial charge in [0.25, 0.3) is 0 Å². The zero-order valence-corrected chi connectivity index (χ0v) is 18.3. The van der Waals surface area contributed by atoms with Crippen molar-refractivity contribution in [3.8, 4) is 0 Å². The minimum absolute atomic E-state index is 0.420. The minimum atomic E-state index is -0.503. The molecule has 2 saturated heterocycles. The van der Waals surface area contributed by atoms with Gasteiger partial charge in [0.1, 0.15) is 11.0 Å². The van der Waals surface area contributed by atoms with Gasteiger partial charge in [0.05, 0.1) is 22.4 Å². The summed E-state index contributed by atoms with van der Waals surface area (Å²) in [4.78, 5) is 1.56. The number of fused-ring (bicyclic) bond motifs is 1. The summed E-state index contributed by atoms with van der Waals surface area (Å²) in [6.45, 7) is 16.3. The summed E-state index contributed by atoms with van der Waals surface area (Å²) in [6, 6.07) is 3.97. The molecule has 1 aromatic carbocycles. The number of aryl methyl sites for hydroxylation is 1. The highest BCUT2D eigenvalue weighted by atomic mass is 16.7. The normalized spacial score (nSPS) is 25.0. The molecule has 2 fully saturated rings. The van der Waals surface area contributed by atoms with E-state index in [-0.39, 0.29) is 0 Å². The second kappa shape index (κ2) is 5.81. The zero-order valence-electron chi connectivity index (χ0n) is 18.3. The Kier molecular flexibility index (Phi) is 4.13. The average molecular weight is 385 g/mol. The van der Waals surface area contributed by atoms with E-state index in [1.807, 2.05) is 74.6 Å². The van der Waals surface area contributed by atoms with Crippen LogP contribution in [0.3, 0.4) is 0 Å². The first-order valence-corrected chi connectivity index (χ1v) is 9.79. The van der Waals surface area contributed by atoms with E-state index in [0.717, 1.165) is 22.0 Å². The summed E-state index contributed by atoms with van der Waals surface area (Å²) < 4.78 is 24.9. The summed E-state index contributed by atoms with van der Waals surface area (Å²) in [7, 11) is 0.801. The molecule has 0 spiro atoms. The Balaban J connectivity index is 1.77. The van der Waals surface area contributed by atoms with Crippen LogP contribution >= 0.6 is 0 Å². The lowest BCUT2D eigenvalue weighted by molar-refractivity contribution is 0.00578. The van der Waals surface area contributed by atoms with E-state index in [4.69, 9.17) is 18.6 Å². The number of aromatic nitrogens is 3. The van der Waals surface area contributed by atoms with Crippen LogP contribution in [0.2, 0.25) is 0 Å². The third-order valence-corrected chi connectivity index (χ3v) is 6.72. The van der Waals surface area contributed by atoms with Gasteiger partial charge in [-0.25, -0.2) is 0 Å². The van der Waals surface area contributed by atoms with E-state index in [2.05, 4.69) is 10.2 Å². The Morgan fingerprint density at radius 3 is 1.21 bits per heavy atom. The molecule has 0 N–H and O–H groups in total. The second-order valence-electron chi connectivity index (χ2n) is 9.81. The van der Waals surface area contributed by atoms with E-state index in [1.54, 1.807) is 4.80 Å². The third kappa shape index (κ3) is 2.83. The van der Waals surface area contributed by atoms with Crippen molar-refractivity contribution >= 4 is 36.2 Å². The topological polar surface area (TPSA) is 67.6 Å². The largest absolute Gasteiger partial charge is 0.497 e. The summed E-state index contributed by atoms with van der Waals surface area (Å²) in [5.41, 5.74) is 1.53. The highest BCUT2D eigenvalue weighted by Crippen LogP contribution is 2.38. The predicted octanol–water partition coefficient (Wildman–Crippen LogP) is 1.57. The Bertz CT molecular complexity index is 834. The molecule has 2 aromatic rings. The van der Waals surface area contributed by atoms with Crippen molar-refractivity contribution in [2.45, 2.75) is 77.8 Å². The average Bonchev–Trinajstić information content (AvgIpc) is 3.08. The maximum atomic E-state index is 6.24. The van der Waals surface area contributed by atoms with Crippen LogP contribution in [0.25, 0.3) is 11.0 Å².